The first-order chi connectivity index (χ1) is 10.8. The number of amides is 2. The zero-order valence-corrected chi connectivity index (χ0v) is 12.3. The number of pyridine rings is 1. The number of carbonyl (C=O) groups is 2. The zero-order valence-electron chi connectivity index (χ0n) is 12.3. The van der Waals surface area contributed by atoms with E-state index in [9.17, 15) is 22.8 Å². The largest absolute Gasteiger partial charge is 0.433 e. The summed E-state index contributed by atoms with van der Waals surface area (Å²) in [5, 5.41) is 2.46. The molecule has 0 spiro atoms. The van der Waals surface area contributed by atoms with Crippen molar-refractivity contribution >= 4 is 11.8 Å². The van der Waals surface area contributed by atoms with Gasteiger partial charge in [-0.3, -0.25) is 19.5 Å². The Morgan fingerprint density at radius 3 is 2.70 bits per heavy atom. The second kappa shape index (κ2) is 6.95. The Kier molecular flexibility index (Phi) is 5.19. The average molecular weight is 330 g/mol. The number of nitrogens with zero attached hydrogens (tertiary/aromatic N) is 2. The third-order valence-corrected chi connectivity index (χ3v) is 3.67. The van der Waals surface area contributed by atoms with Crippen LogP contribution in [0.1, 0.15) is 17.7 Å². The van der Waals surface area contributed by atoms with E-state index < -0.39 is 23.7 Å². The minimum absolute atomic E-state index is 0.181. The number of hydrogen-bond acceptors (Lipinski definition) is 4. The van der Waals surface area contributed by atoms with Crippen LogP contribution in [0, 0.1) is 5.92 Å². The molecule has 1 aromatic rings. The first-order valence-electron chi connectivity index (χ1n) is 7.08. The van der Waals surface area contributed by atoms with E-state index in [2.05, 4.69) is 15.2 Å². The fourth-order valence-corrected chi connectivity index (χ4v) is 2.49. The number of nitrogens with one attached hydrogen (secondary N) is 1. The molecule has 126 valence electrons. The van der Waals surface area contributed by atoms with Crippen LogP contribution in [0.5, 0.6) is 0 Å². The molecule has 1 fully saturated rings. The lowest BCUT2D eigenvalue weighted by Crippen LogP contribution is -2.39. The lowest BCUT2D eigenvalue weighted by atomic mass is 10.1. The Bertz CT molecular complexity index is 574. The van der Waals surface area contributed by atoms with E-state index in [1.165, 1.54) is 12.3 Å². The number of carbonyl (C=O) groups excluding carboxylic acids is 2. The fourth-order valence-electron chi connectivity index (χ4n) is 2.49. The van der Waals surface area contributed by atoms with Crippen LogP contribution in [-0.2, 0) is 22.3 Å². The van der Waals surface area contributed by atoms with Crippen LogP contribution in [0.2, 0.25) is 0 Å². The Hall–Kier alpha value is -2.16. The summed E-state index contributed by atoms with van der Waals surface area (Å²) in [4.78, 5) is 27.2. The average Bonchev–Trinajstić information content (AvgIpc) is 2.91. The quantitative estimate of drug-likeness (QED) is 0.788. The summed E-state index contributed by atoms with van der Waals surface area (Å²) in [7, 11) is 0. The smallest absolute Gasteiger partial charge is 0.361 e. The third-order valence-electron chi connectivity index (χ3n) is 3.67. The molecule has 2 heterocycles. The highest BCUT2D eigenvalue weighted by molar-refractivity contribution is 6.34. The Morgan fingerprint density at radius 1 is 1.39 bits per heavy atom. The van der Waals surface area contributed by atoms with Gasteiger partial charge in [-0.1, -0.05) is 6.07 Å². The van der Waals surface area contributed by atoms with E-state index in [1.54, 1.807) is 0 Å². The van der Waals surface area contributed by atoms with Gasteiger partial charge < -0.3 is 11.1 Å². The van der Waals surface area contributed by atoms with Crippen molar-refractivity contribution < 1.29 is 22.8 Å². The molecule has 23 heavy (non-hydrogen) atoms. The van der Waals surface area contributed by atoms with E-state index in [1.807, 2.05) is 0 Å². The molecule has 1 aliphatic rings. The summed E-state index contributed by atoms with van der Waals surface area (Å²) in [6.07, 6.45) is -2.38. The standard InChI is InChI=1S/C14H17F3N4O2/c15-14(16,17)11-2-1-9(5-19-11)7-21-4-3-10(8-21)6-20-13(23)12(18)22/h1-2,5,10H,3-4,6-8H2,(H2,18,22)(H,20,23)/t10-/m0/s1. The molecule has 2 amide bonds. The maximum absolute atomic E-state index is 12.4. The molecule has 0 aliphatic carbocycles. The van der Waals surface area contributed by atoms with E-state index in [4.69, 9.17) is 5.73 Å². The van der Waals surface area contributed by atoms with Crippen molar-refractivity contribution in [3.63, 3.8) is 0 Å². The monoisotopic (exact) mass is 330 g/mol. The molecule has 0 unspecified atom stereocenters. The highest BCUT2D eigenvalue weighted by Crippen LogP contribution is 2.27. The van der Waals surface area contributed by atoms with Gasteiger partial charge in [0.05, 0.1) is 0 Å². The van der Waals surface area contributed by atoms with Crippen molar-refractivity contribution in [2.24, 2.45) is 11.7 Å². The molecule has 1 aromatic heterocycles. The summed E-state index contributed by atoms with van der Waals surface area (Å²) >= 11 is 0. The van der Waals surface area contributed by atoms with Gasteiger partial charge in [0.1, 0.15) is 5.69 Å². The van der Waals surface area contributed by atoms with Crippen LogP contribution in [0.4, 0.5) is 13.2 Å². The number of nitrogens with two attached hydrogens (primary N) is 1. The molecule has 0 bridgehead atoms. The summed E-state index contributed by atoms with van der Waals surface area (Å²) in [5.74, 6) is -1.65. The van der Waals surface area contributed by atoms with Crippen molar-refractivity contribution in [2.75, 3.05) is 19.6 Å². The molecular weight excluding hydrogens is 313 g/mol. The van der Waals surface area contributed by atoms with Gasteiger partial charge in [0.15, 0.2) is 0 Å². The predicted molar refractivity (Wildman–Crippen MR) is 74.8 cm³/mol. The van der Waals surface area contributed by atoms with E-state index in [0.29, 0.717) is 25.2 Å². The summed E-state index contributed by atoms with van der Waals surface area (Å²) in [6, 6.07) is 2.38. The third kappa shape index (κ3) is 4.92. The van der Waals surface area contributed by atoms with Gasteiger partial charge in [0.25, 0.3) is 0 Å². The van der Waals surface area contributed by atoms with Crippen LogP contribution in [0.25, 0.3) is 0 Å². The molecule has 0 aromatic carbocycles. The number of halogens is 3. The molecule has 0 radical (unpaired) electrons. The molecule has 1 saturated heterocycles. The normalized spacial score (nSPS) is 18.8. The number of hydrogen-bond donors (Lipinski definition) is 2. The van der Waals surface area contributed by atoms with Gasteiger partial charge in [-0.25, -0.2) is 0 Å². The highest BCUT2D eigenvalue weighted by atomic mass is 19.4. The van der Waals surface area contributed by atoms with Crippen LogP contribution in [0.3, 0.4) is 0 Å². The first-order valence-corrected chi connectivity index (χ1v) is 7.08. The lowest BCUT2D eigenvalue weighted by molar-refractivity contribution is -0.141. The molecule has 0 saturated carbocycles. The molecule has 3 N–H and O–H groups in total. The van der Waals surface area contributed by atoms with Crippen molar-refractivity contribution in [1.29, 1.82) is 0 Å². The fraction of sp³-hybridized carbons (Fsp3) is 0.500. The van der Waals surface area contributed by atoms with Gasteiger partial charge in [0, 0.05) is 25.8 Å². The number of likely N-dealkylation sites (tertiary alicyclic amines) is 1. The van der Waals surface area contributed by atoms with Gasteiger partial charge in [-0.2, -0.15) is 13.2 Å². The van der Waals surface area contributed by atoms with Gasteiger partial charge in [0.2, 0.25) is 0 Å². The first kappa shape index (κ1) is 17.2. The Morgan fingerprint density at radius 2 is 2.13 bits per heavy atom. The van der Waals surface area contributed by atoms with Gasteiger partial charge in [-0.15, -0.1) is 0 Å². The van der Waals surface area contributed by atoms with Gasteiger partial charge >= 0.3 is 18.0 Å². The minimum atomic E-state index is -4.43. The van der Waals surface area contributed by atoms with Crippen molar-refractivity contribution in [3.05, 3.63) is 29.6 Å². The van der Waals surface area contributed by atoms with Crippen LogP contribution in [0.15, 0.2) is 18.3 Å². The van der Waals surface area contributed by atoms with Crippen LogP contribution in [-0.4, -0.2) is 41.3 Å². The second-order valence-corrected chi connectivity index (χ2v) is 5.51. The molecule has 9 heteroatoms. The molecular formula is C14H17F3N4O2. The maximum atomic E-state index is 12.4. The molecule has 6 nitrogen and oxygen atoms in total. The number of primary amides is 1. The molecule has 2 rings (SSSR count). The van der Waals surface area contributed by atoms with E-state index in [-0.39, 0.29) is 5.92 Å². The summed E-state index contributed by atoms with van der Waals surface area (Å²) < 4.78 is 37.3. The number of rotatable bonds is 4. The van der Waals surface area contributed by atoms with E-state index in [0.717, 1.165) is 19.0 Å². The van der Waals surface area contributed by atoms with Crippen molar-refractivity contribution in [2.45, 2.75) is 19.1 Å². The van der Waals surface area contributed by atoms with Crippen molar-refractivity contribution in [1.82, 2.24) is 15.2 Å². The maximum Gasteiger partial charge on any atom is 0.433 e. The second-order valence-electron chi connectivity index (χ2n) is 5.51. The topological polar surface area (TPSA) is 88.3 Å². The zero-order chi connectivity index (χ0) is 17.0. The number of aromatic nitrogens is 1. The summed E-state index contributed by atoms with van der Waals surface area (Å²) in [6.45, 7) is 2.28. The predicted octanol–water partition coefficient (Wildman–Crippen LogP) is 0.524. The van der Waals surface area contributed by atoms with Crippen molar-refractivity contribution in [3.8, 4) is 0 Å². The van der Waals surface area contributed by atoms with E-state index >= 15 is 0 Å². The Balaban J connectivity index is 1.81. The van der Waals surface area contributed by atoms with Crippen LogP contribution < -0.4 is 11.1 Å². The lowest BCUT2D eigenvalue weighted by Gasteiger charge is -2.16. The molecule has 1 atom stereocenters. The van der Waals surface area contributed by atoms with Gasteiger partial charge in [-0.05, 0) is 30.5 Å². The molecule has 1 aliphatic heterocycles. The minimum Gasteiger partial charge on any atom is -0.361 e. The Labute approximate surface area is 130 Å². The highest BCUT2D eigenvalue weighted by Gasteiger charge is 2.32. The summed E-state index contributed by atoms with van der Waals surface area (Å²) in [5.41, 5.74) is 4.63. The number of alkyl halides is 3. The SMILES string of the molecule is NC(=O)C(=O)NC[C@@H]1CCN(Cc2ccc(C(F)(F)F)nc2)C1. The van der Waals surface area contributed by atoms with Crippen LogP contribution >= 0.6 is 0 Å².